The Balaban J connectivity index is 1.46. The van der Waals surface area contributed by atoms with Crippen molar-refractivity contribution >= 4 is 5.97 Å². The molecule has 1 aliphatic carbocycles. The number of hydrogen-bond acceptors (Lipinski definition) is 4. The molecule has 1 aromatic rings. The summed E-state index contributed by atoms with van der Waals surface area (Å²) in [7, 11) is 1.63. The van der Waals surface area contributed by atoms with Crippen LogP contribution in [-0.2, 0) is 4.79 Å². The first-order valence-corrected chi connectivity index (χ1v) is 7.37. The molecule has 1 saturated carbocycles. The van der Waals surface area contributed by atoms with Gasteiger partial charge in [0.1, 0.15) is 18.1 Å². The Hall–Kier alpha value is -1.75. The number of piperidine rings is 1. The van der Waals surface area contributed by atoms with Gasteiger partial charge >= 0.3 is 5.97 Å². The summed E-state index contributed by atoms with van der Waals surface area (Å²) >= 11 is 0. The van der Waals surface area contributed by atoms with E-state index in [1.807, 2.05) is 24.3 Å². The van der Waals surface area contributed by atoms with Crippen molar-refractivity contribution in [1.29, 1.82) is 0 Å². The smallest absolute Gasteiger partial charge is 0.311 e. The number of methoxy groups -OCH3 is 1. The van der Waals surface area contributed by atoms with Gasteiger partial charge in [0.25, 0.3) is 0 Å². The van der Waals surface area contributed by atoms with Gasteiger partial charge in [-0.1, -0.05) is 0 Å². The number of carboxylic acid groups (broad SMARTS) is 1. The minimum absolute atomic E-state index is 0.397. The number of carbonyl (C=O) groups is 1. The van der Waals surface area contributed by atoms with Gasteiger partial charge in [0.15, 0.2) is 0 Å². The molecule has 1 N–H and O–H groups in total. The Morgan fingerprint density at radius 3 is 2.76 bits per heavy atom. The lowest BCUT2D eigenvalue weighted by molar-refractivity contribution is -0.145. The van der Waals surface area contributed by atoms with Crippen molar-refractivity contribution in [2.24, 2.45) is 11.3 Å². The van der Waals surface area contributed by atoms with Crippen LogP contribution in [0.4, 0.5) is 0 Å². The fourth-order valence-electron chi connectivity index (χ4n) is 3.25. The Morgan fingerprint density at radius 2 is 2.10 bits per heavy atom. The van der Waals surface area contributed by atoms with Crippen LogP contribution in [0, 0.1) is 11.3 Å². The normalized spacial score (nSPS) is 27.8. The van der Waals surface area contributed by atoms with Crippen molar-refractivity contribution < 1.29 is 19.4 Å². The van der Waals surface area contributed by atoms with Crippen molar-refractivity contribution in [3.63, 3.8) is 0 Å². The third kappa shape index (κ3) is 2.83. The van der Waals surface area contributed by atoms with E-state index in [1.54, 1.807) is 7.11 Å². The van der Waals surface area contributed by atoms with Gasteiger partial charge in [0.05, 0.1) is 12.5 Å². The number of fused-ring (bicyclic) bond motifs is 1. The van der Waals surface area contributed by atoms with E-state index in [-0.39, 0.29) is 0 Å². The molecular weight excluding hydrogens is 270 g/mol. The maximum absolute atomic E-state index is 11.3. The number of ether oxygens (including phenoxy) is 2. The third-order valence-corrected chi connectivity index (χ3v) is 4.69. The maximum Gasteiger partial charge on any atom is 0.311 e. The van der Waals surface area contributed by atoms with E-state index in [9.17, 15) is 9.90 Å². The van der Waals surface area contributed by atoms with Crippen LogP contribution in [0.25, 0.3) is 0 Å². The fourth-order valence-corrected chi connectivity index (χ4v) is 3.25. The molecule has 3 rings (SSSR count). The number of nitrogens with zero attached hydrogens (tertiary/aromatic N) is 1. The zero-order valence-electron chi connectivity index (χ0n) is 12.2. The molecule has 2 atom stereocenters. The second-order valence-electron chi connectivity index (χ2n) is 5.95. The van der Waals surface area contributed by atoms with Crippen molar-refractivity contribution in [2.75, 3.05) is 33.4 Å². The molecule has 0 amide bonds. The van der Waals surface area contributed by atoms with Crippen LogP contribution in [0.1, 0.15) is 12.8 Å². The highest BCUT2D eigenvalue weighted by Crippen LogP contribution is 2.57. The van der Waals surface area contributed by atoms with Crippen LogP contribution < -0.4 is 9.47 Å². The largest absolute Gasteiger partial charge is 0.497 e. The van der Waals surface area contributed by atoms with Crippen LogP contribution in [-0.4, -0.2) is 49.3 Å². The SMILES string of the molecule is COc1ccc(OCCN2CCC3CC3(C(=O)O)C2)cc1. The zero-order chi connectivity index (χ0) is 14.9. The summed E-state index contributed by atoms with van der Waals surface area (Å²) in [6.07, 6.45) is 1.84. The minimum atomic E-state index is -0.631. The van der Waals surface area contributed by atoms with Gasteiger partial charge in [-0.25, -0.2) is 0 Å². The molecule has 1 aromatic carbocycles. The number of likely N-dealkylation sites (tertiary alicyclic amines) is 1. The molecule has 1 saturated heterocycles. The number of carboxylic acids is 1. The van der Waals surface area contributed by atoms with Crippen LogP contribution >= 0.6 is 0 Å². The monoisotopic (exact) mass is 291 g/mol. The van der Waals surface area contributed by atoms with Crippen molar-refractivity contribution in [3.05, 3.63) is 24.3 Å². The highest BCUT2D eigenvalue weighted by Gasteiger charge is 2.62. The van der Waals surface area contributed by atoms with Crippen LogP contribution in [0.3, 0.4) is 0 Å². The van der Waals surface area contributed by atoms with Gasteiger partial charge in [-0.15, -0.1) is 0 Å². The number of benzene rings is 1. The van der Waals surface area contributed by atoms with Gasteiger partial charge in [0, 0.05) is 13.1 Å². The molecule has 0 bridgehead atoms. The Bertz CT molecular complexity index is 516. The zero-order valence-corrected chi connectivity index (χ0v) is 12.2. The molecule has 0 aromatic heterocycles. The first kappa shape index (κ1) is 14.2. The summed E-state index contributed by atoms with van der Waals surface area (Å²) in [4.78, 5) is 13.6. The lowest BCUT2D eigenvalue weighted by Gasteiger charge is -2.30. The molecule has 21 heavy (non-hydrogen) atoms. The highest BCUT2D eigenvalue weighted by molar-refractivity contribution is 5.79. The molecule has 114 valence electrons. The summed E-state index contributed by atoms with van der Waals surface area (Å²) < 4.78 is 10.8. The van der Waals surface area contributed by atoms with E-state index in [0.717, 1.165) is 37.4 Å². The Morgan fingerprint density at radius 1 is 1.38 bits per heavy atom. The molecule has 2 fully saturated rings. The fraction of sp³-hybridized carbons (Fsp3) is 0.562. The van der Waals surface area contributed by atoms with Gasteiger partial charge in [-0.2, -0.15) is 0 Å². The number of rotatable bonds is 6. The van der Waals surface area contributed by atoms with E-state index < -0.39 is 11.4 Å². The lowest BCUT2D eigenvalue weighted by atomic mass is 9.97. The van der Waals surface area contributed by atoms with E-state index in [2.05, 4.69) is 4.90 Å². The molecule has 0 spiro atoms. The first-order chi connectivity index (χ1) is 10.1. The van der Waals surface area contributed by atoms with Crippen molar-refractivity contribution in [1.82, 2.24) is 4.90 Å². The third-order valence-electron chi connectivity index (χ3n) is 4.69. The molecule has 0 radical (unpaired) electrons. The second-order valence-corrected chi connectivity index (χ2v) is 5.95. The van der Waals surface area contributed by atoms with E-state index >= 15 is 0 Å². The molecule has 2 unspecified atom stereocenters. The highest BCUT2D eigenvalue weighted by atomic mass is 16.5. The number of hydrogen-bond donors (Lipinski definition) is 1. The minimum Gasteiger partial charge on any atom is -0.497 e. The van der Waals surface area contributed by atoms with E-state index in [0.29, 0.717) is 19.1 Å². The summed E-state index contributed by atoms with van der Waals surface area (Å²) in [6, 6.07) is 7.49. The average Bonchev–Trinajstić information content (AvgIpc) is 3.23. The summed E-state index contributed by atoms with van der Waals surface area (Å²) in [5, 5.41) is 9.34. The van der Waals surface area contributed by atoms with Crippen LogP contribution in [0.15, 0.2) is 24.3 Å². The second kappa shape index (κ2) is 5.56. The molecule has 5 heteroatoms. The molecular formula is C16H21NO4. The van der Waals surface area contributed by atoms with Crippen molar-refractivity contribution in [2.45, 2.75) is 12.8 Å². The van der Waals surface area contributed by atoms with Crippen LogP contribution in [0.2, 0.25) is 0 Å². The molecule has 1 heterocycles. The Kier molecular flexibility index (Phi) is 3.76. The predicted octanol–water partition coefficient (Wildman–Crippen LogP) is 1.87. The summed E-state index contributed by atoms with van der Waals surface area (Å²) in [5.74, 6) is 1.38. The summed E-state index contributed by atoms with van der Waals surface area (Å²) in [5.41, 5.74) is -0.460. The molecule has 2 aliphatic rings. The first-order valence-electron chi connectivity index (χ1n) is 7.37. The quantitative estimate of drug-likeness (QED) is 0.867. The van der Waals surface area contributed by atoms with Crippen molar-refractivity contribution in [3.8, 4) is 11.5 Å². The van der Waals surface area contributed by atoms with Crippen LogP contribution in [0.5, 0.6) is 11.5 Å². The number of aliphatic carboxylic acids is 1. The average molecular weight is 291 g/mol. The lowest BCUT2D eigenvalue weighted by Crippen LogP contribution is -2.42. The van der Waals surface area contributed by atoms with Gasteiger partial charge < -0.3 is 14.6 Å². The predicted molar refractivity (Wildman–Crippen MR) is 77.7 cm³/mol. The van der Waals surface area contributed by atoms with Gasteiger partial charge in [0.2, 0.25) is 0 Å². The standard InChI is InChI=1S/C16H21NO4/c1-20-13-2-4-14(5-3-13)21-9-8-17-7-6-12-10-16(12,11-17)15(18)19/h2-5,12H,6-11H2,1H3,(H,18,19). The Labute approximate surface area is 124 Å². The van der Waals surface area contributed by atoms with E-state index in [1.165, 1.54) is 0 Å². The topological polar surface area (TPSA) is 59.0 Å². The summed E-state index contributed by atoms with van der Waals surface area (Å²) in [6.45, 7) is 2.99. The van der Waals surface area contributed by atoms with Gasteiger partial charge in [-0.05, 0) is 49.6 Å². The molecule has 5 nitrogen and oxygen atoms in total. The van der Waals surface area contributed by atoms with E-state index in [4.69, 9.17) is 9.47 Å². The van der Waals surface area contributed by atoms with Gasteiger partial charge in [-0.3, -0.25) is 9.69 Å². The maximum atomic E-state index is 11.3. The molecule has 1 aliphatic heterocycles.